The van der Waals surface area contributed by atoms with E-state index in [-0.39, 0.29) is 11.5 Å². The first-order valence-corrected chi connectivity index (χ1v) is 15.3. The Hall–Kier alpha value is -4.29. The normalized spacial score (nSPS) is 19.0. The average Bonchev–Trinajstić information content (AvgIpc) is 3.02. The Bertz CT molecular complexity index is 1520. The van der Waals surface area contributed by atoms with Crippen molar-refractivity contribution in [1.82, 2.24) is 0 Å². The molecule has 0 radical (unpaired) electrons. The van der Waals surface area contributed by atoms with Crippen LogP contribution < -0.4 is 10.2 Å². The van der Waals surface area contributed by atoms with Gasteiger partial charge >= 0.3 is 0 Å². The Kier molecular flexibility index (Phi) is 8.83. The molecule has 0 saturated carbocycles. The number of nitrogens with one attached hydrogen (secondary N) is 1. The first-order valence-electron chi connectivity index (χ1n) is 15.3. The predicted octanol–water partition coefficient (Wildman–Crippen LogP) is 10.3. The Balaban J connectivity index is 1.31. The molecular weight excluding hydrogens is 510 g/mol. The van der Waals surface area contributed by atoms with Crippen molar-refractivity contribution in [3.8, 4) is 6.07 Å². The molecule has 3 aromatic rings. The molecule has 0 fully saturated rings. The number of anilines is 3. The molecule has 3 aromatic carbocycles. The Morgan fingerprint density at radius 1 is 0.929 bits per heavy atom. The van der Waals surface area contributed by atoms with Crippen molar-refractivity contribution >= 4 is 22.6 Å². The minimum absolute atomic E-state index is 0.103. The van der Waals surface area contributed by atoms with Crippen molar-refractivity contribution < 1.29 is 0 Å². The van der Waals surface area contributed by atoms with Gasteiger partial charge in [-0.15, -0.1) is 0 Å². The summed E-state index contributed by atoms with van der Waals surface area (Å²) in [5.41, 5.74) is 9.22. The first-order chi connectivity index (χ1) is 20.2. The molecule has 42 heavy (non-hydrogen) atoms. The lowest BCUT2D eigenvalue weighted by Gasteiger charge is -2.34. The van der Waals surface area contributed by atoms with Gasteiger partial charge in [0.2, 0.25) is 0 Å². The Morgan fingerprint density at radius 2 is 1.60 bits per heavy atom. The molecule has 0 spiro atoms. The number of nitriles is 1. The Labute approximate surface area is 252 Å². The quantitative estimate of drug-likeness (QED) is 0.302. The summed E-state index contributed by atoms with van der Waals surface area (Å²) >= 11 is 0. The average molecular weight is 554 g/mol. The summed E-state index contributed by atoms with van der Waals surface area (Å²) in [6.45, 7) is 11.3. The molecule has 2 aliphatic carbocycles. The topological polar surface area (TPSA) is 39.1 Å². The smallest absolute Gasteiger partial charge is 0.0991 e. The summed E-state index contributed by atoms with van der Waals surface area (Å²) in [5, 5.41) is 13.0. The fraction of sp³-hybridized carbons (Fsp3) is 0.308. The standard InChI is InChI=1S/C39H43N3/c1-6-28(2)32-8-7-9-35(26-32)41-34-18-12-30(13-19-34)31-14-22-37(23-15-31)42(36-20-10-29(27-40)11-21-36)38-24-16-33(17-25-38)39(3,4)5/h7-22,24-25,28,32,37,41H,6,23,26H2,1-5H3. The van der Waals surface area contributed by atoms with Gasteiger partial charge in [-0.2, -0.15) is 5.26 Å². The summed E-state index contributed by atoms with van der Waals surface area (Å²) in [6, 6.07) is 28.1. The van der Waals surface area contributed by atoms with Gasteiger partial charge in [-0.1, -0.05) is 95.7 Å². The van der Waals surface area contributed by atoms with Gasteiger partial charge in [-0.05, 0) is 101 Å². The van der Waals surface area contributed by atoms with Crippen LogP contribution in [0.5, 0.6) is 0 Å². The van der Waals surface area contributed by atoms with Crippen LogP contribution in [0.4, 0.5) is 17.1 Å². The highest BCUT2D eigenvalue weighted by Gasteiger charge is 2.22. The monoisotopic (exact) mass is 553 g/mol. The predicted molar refractivity (Wildman–Crippen MR) is 179 cm³/mol. The molecule has 0 saturated heterocycles. The summed E-state index contributed by atoms with van der Waals surface area (Å²) in [7, 11) is 0. The van der Waals surface area contributed by atoms with Crippen LogP contribution in [0.1, 0.15) is 70.6 Å². The van der Waals surface area contributed by atoms with Gasteiger partial charge in [0.15, 0.2) is 0 Å². The number of nitrogens with zero attached hydrogens (tertiary/aromatic N) is 2. The second-order valence-corrected chi connectivity index (χ2v) is 12.7. The summed E-state index contributed by atoms with van der Waals surface area (Å²) < 4.78 is 0. The van der Waals surface area contributed by atoms with Crippen LogP contribution in [-0.4, -0.2) is 6.04 Å². The number of hydrogen-bond acceptors (Lipinski definition) is 3. The van der Waals surface area contributed by atoms with Gasteiger partial charge in [0, 0.05) is 22.8 Å². The number of benzene rings is 3. The van der Waals surface area contributed by atoms with E-state index in [2.05, 4.69) is 148 Å². The van der Waals surface area contributed by atoms with E-state index < -0.39 is 0 Å². The first kappa shape index (κ1) is 29.2. The number of allylic oxidation sites excluding steroid dienone is 6. The fourth-order valence-electron chi connectivity index (χ4n) is 5.79. The molecule has 0 aliphatic heterocycles. The molecule has 0 bridgehead atoms. The van der Waals surface area contributed by atoms with E-state index >= 15 is 0 Å². The number of hydrogen-bond donors (Lipinski definition) is 1. The molecule has 214 valence electrons. The largest absolute Gasteiger partial charge is 0.359 e. The summed E-state index contributed by atoms with van der Waals surface area (Å²) in [6.07, 6.45) is 16.8. The zero-order chi connectivity index (χ0) is 29.7. The highest BCUT2D eigenvalue weighted by atomic mass is 15.2. The fourth-order valence-corrected chi connectivity index (χ4v) is 5.79. The van der Waals surface area contributed by atoms with Crippen molar-refractivity contribution in [2.45, 2.75) is 65.3 Å². The molecule has 3 atom stereocenters. The third-order valence-corrected chi connectivity index (χ3v) is 8.70. The van der Waals surface area contributed by atoms with Crippen LogP contribution in [0, 0.1) is 23.2 Å². The van der Waals surface area contributed by atoms with E-state index in [1.54, 1.807) is 0 Å². The van der Waals surface area contributed by atoms with Crippen molar-refractivity contribution in [3.63, 3.8) is 0 Å². The highest BCUT2D eigenvalue weighted by Crippen LogP contribution is 2.35. The number of rotatable bonds is 8. The third kappa shape index (κ3) is 6.77. The molecule has 0 amide bonds. The van der Waals surface area contributed by atoms with Crippen LogP contribution in [0.3, 0.4) is 0 Å². The van der Waals surface area contributed by atoms with E-state index in [0.29, 0.717) is 17.4 Å². The minimum atomic E-state index is 0.103. The highest BCUT2D eigenvalue weighted by molar-refractivity contribution is 5.77. The van der Waals surface area contributed by atoms with Crippen molar-refractivity contribution in [1.29, 1.82) is 5.26 Å². The zero-order valence-electron chi connectivity index (χ0n) is 25.6. The molecule has 3 unspecified atom stereocenters. The SMILES string of the molecule is CCC(C)C1C=CC=C(Nc2ccc(C3=CCC(N(c4ccc(C#N)cc4)c4ccc(C(C)(C)C)cc4)C=C3)cc2)C1. The molecule has 1 N–H and O–H groups in total. The van der Waals surface area contributed by atoms with Gasteiger partial charge in [0.1, 0.15) is 0 Å². The Morgan fingerprint density at radius 3 is 2.17 bits per heavy atom. The maximum Gasteiger partial charge on any atom is 0.0991 e. The zero-order valence-corrected chi connectivity index (χ0v) is 25.6. The van der Waals surface area contributed by atoms with Gasteiger partial charge in [-0.25, -0.2) is 0 Å². The summed E-state index contributed by atoms with van der Waals surface area (Å²) in [5.74, 6) is 1.30. The lowest BCUT2D eigenvalue weighted by atomic mass is 9.85. The molecule has 0 aromatic heterocycles. The molecule has 3 nitrogen and oxygen atoms in total. The second kappa shape index (κ2) is 12.7. The van der Waals surface area contributed by atoms with Crippen molar-refractivity contribution in [2.24, 2.45) is 11.8 Å². The van der Waals surface area contributed by atoms with Crippen LogP contribution in [0.2, 0.25) is 0 Å². The maximum atomic E-state index is 9.32. The molecule has 0 heterocycles. The molecular formula is C39H43N3. The van der Waals surface area contributed by atoms with E-state index in [9.17, 15) is 5.26 Å². The summed E-state index contributed by atoms with van der Waals surface area (Å²) in [4.78, 5) is 2.38. The van der Waals surface area contributed by atoms with Gasteiger partial charge in [-0.3, -0.25) is 0 Å². The van der Waals surface area contributed by atoms with Crippen molar-refractivity contribution in [3.05, 3.63) is 132 Å². The van der Waals surface area contributed by atoms with Crippen LogP contribution in [-0.2, 0) is 5.41 Å². The third-order valence-electron chi connectivity index (χ3n) is 8.70. The molecule has 3 heteroatoms. The van der Waals surface area contributed by atoms with Crippen LogP contribution in [0.25, 0.3) is 5.57 Å². The maximum absolute atomic E-state index is 9.32. The lowest BCUT2D eigenvalue weighted by Crippen LogP contribution is -2.30. The van der Waals surface area contributed by atoms with E-state index in [4.69, 9.17) is 0 Å². The van der Waals surface area contributed by atoms with E-state index in [1.807, 2.05) is 12.1 Å². The van der Waals surface area contributed by atoms with Crippen molar-refractivity contribution in [2.75, 3.05) is 10.2 Å². The minimum Gasteiger partial charge on any atom is -0.359 e. The van der Waals surface area contributed by atoms with E-state index in [0.717, 1.165) is 29.9 Å². The molecule has 5 rings (SSSR count). The van der Waals surface area contributed by atoms with Gasteiger partial charge in [0.05, 0.1) is 17.7 Å². The molecule has 2 aliphatic rings. The van der Waals surface area contributed by atoms with Crippen LogP contribution >= 0.6 is 0 Å². The van der Waals surface area contributed by atoms with Crippen LogP contribution in [0.15, 0.2) is 115 Å². The van der Waals surface area contributed by atoms with Gasteiger partial charge in [0.25, 0.3) is 0 Å². The second-order valence-electron chi connectivity index (χ2n) is 12.7. The lowest BCUT2D eigenvalue weighted by molar-refractivity contribution is 0.411. The van der Waals surface area contributed by atoms with Gasteiger partial charge < -0.3 is 10.2 Å². The van der Waals surface area contributed by atoms with E-state index in [1.165, 1.54) is 28.8 Å².